The molecule has 0 aliphatic carbocycles. The second-order valence-corrected chi connectivity index (χ2v) is 7.98. The number of rotatable bonds is 5. The van der Waals surface area contributed by atoms with Crippen LogP contribution in [0.2, 0.25) is 0 Å². The lowest BCUT2D eigenvalue weighted by atomic mass is 10.00. The first-order valence-electron chi connectivity index (χ1n) is 8.01. The van der Waals surface area contributed by atoms with Gasteiger partial charge in [-0.25, -0.2) is 0 Å². The summed E-state index contributed by atoms with van der Waals surface area (Å²) >= 11 is 0. The van der Waals surface area contributed by atoms with Gasteiger partial charge in [-0.05, 0) is 51.6 Å². The van der Waals surface area contributed by atoms with Crippen LogP contribution in [-0.4, -0.2) is 56.3 Å². The second-order valence-electron chi connectivity index (χ2n) is 6.10. The van der Waals surface area contributed by atoms with Crippen molar-refractivity contribution >= 4 is 10.2 Å². The van der Waals surface area contributed by atoms with Crippen molar-refractivity contribution in [1.29, 1.82) is 0 Å². The van der Waals surface area contributed by atoms with E-state index in [1.807, 2.05) is 7.05 Å². The molecule has 2 rings (SSSR count). The topological polar surface area (TPSA) is 52.7 Å². The fourth-order valence-corrected chi connectivity index (χ4v) is 5.57. The standard InChI is InChI=1S/C14H29N3O2S/c1-3-14-8-4-5-10-17(14)20(18,19)16-9-6-7-13(12-16)11-15-2/h13-15H,3-12H2,1-2H3. The van der Waals surface area contributed by atoms with Crippen LogP contribution in [0.3, 0.4) is 0 Å². The lowest BCUT2D eigenvalue weighted by Gasteiger charge is -2.40. The van der Waals surface area contributed by atoms with Crippen molar-refractivity contribution in [2.45, 2.75) is 51.5 Å². The van der Waals surface area contributed by atoms with Crippen LogP contribution in [-0.2, 0) is 10.2 Å². The van der Waals surface area contributed by atoms with Gasteiger partial charge in [0, 0.05) is 25.7 Å². The highest BCUT2D eigenvalue weighted by atomic mass is 32.2. The molecule has 2 aliphatic heterocycles. The van der Waals surface area contributed by atoms with E-state index >= 15 is 0 Å². The maximum Gasteiger partial charge on any atom is 0.282 e. The molecule has 2 unspecified atom stereocenters. The summed E-state index contributed by atoms with van der Waals surface area (Å²) in [5.41, 5.74) is 0. The summed E-state index contributed by atoms with van der Waals surface area (Å²) in [5, 5.41) is 3.17. The summed E-state index contributed by atoms with van der Waals surface area (Å²) < 4.78 is 29.3. The summed E-state index contributed by atoms with van der Waals surface area (Å²) in [6.07, 6.45) is 6.22. The van der Waals surface area contributed by atoms with Crippen LogP contribution >= 0.6 is 0 Å². The maximum absolute atomic E-state index is 12.9. The van der Waals surface area contributed by atoms with Crippen LogP contribution in [0.5, 0.6) is 0 Å². The van der Waals surface area contributed by atoms with E-state index in [1.54, 1.807) is 8.61 Å². The quantitative estimate of drug-likeness (QED) is 0.836. The molecular formula is C14H29N3O2S. The van der Waals surface area contributed by atoms with E-state index in [-0.39, 0.29) is 6.04 Å². The summed E-state index contributed by atoms with van der Waals surface area (Å²) in [6, 6.07) is 0.207. The molecule has 2 atom stereocenters. The third-order valence-corrected chi connectivity index (χ3v) is 6.70. The molecule has 5 nitrogen and oxygen atoms in total. The Morgan fingerprint density at radius 2 is 1.95 bits per heavy atom. The highest BCUT2D eigenvalue weighted by Gasteiger charge is 2.37. The number of hydrogen-bond donors (Lipinski definition) is 1. The monoisotopic (exact) mass is 303 g/mol. The average molecular weight is 303 g/mol. The van der Waals surface area contributed by atoms with Crippen molar-refractivity contribution < 1.29 is 8.42 Å². The largest absolute Gasteiger partial charge is 0.319 e. The van der Waals surface area contributed by atoms with Gasteiger partial charge in [-0.2, -0.15) is 17.0 Å². The Morgan fingerprint density at radius 3 is 2.65 bits per heavy atom. The van der Waals surface area contributed by atoms with Crippen LogP contribution in [0, 0.1) is 5.92 Å². The minimum Gasteiger partial charge on any atom is -0.319 e. The van der Waals surface area contributed by atoms with Gasteiger partial charge in [0.15, 0.2) is 0 Å². The molecule has 1 N–H and O–H groups in total. The Morgan fingerprint density at radius 1 is 1.15 bits per heavy atom. The van der Waals surface area contributed by atoms with Crippen LogP contribution in [0.15, 0.2) is 0 Å². The smallest absolute Gasteiger partial charge is 0.282 e. The van der Waals surface area contributed by atoms with Crippen molar-refractivity contribution in [2.75, 3.05) is 33.2 Å². The van der Waals surface area contributed by atoms with E-state index in [0.29, 0.717) is 25.6 Å². The van der Waals surface area contributed by atoms with Gasteiger partial charge in [0.2, 0.25) is 0 Å². The van der Waals surface area contributed by atoms with Crippen molar-refractivity contribution in [3.05, 3.63) is 0 Å². The fraction of sp³-hybridized carbons (Fsp3) is 1.00. The fourth-order valence-electron chi connectivity index (χ4n) is 3.53. The average Bonchev–Trinajstić information content (AvgIpc) is 2.48. The molecule has 0 bridgehead atoms. The van der Waals surface area contributed by atoms with E-state index in [4.69, 9.17) is 0 Å². The molecule has 2 fully saturated rings. The Kier molecular flexibility index (Phi) is 5.84. The highest BCUT2D eigenvalue weighted by molar-refractivity contribution is 7.86. The molecule has 0 saturated carbocycles. The lowest BCUT2D eigenvalue weighted by molar-refractivity contribution is 0.202. The first kappa shape index (κ1) is 16.2. The minimum absolute atomic E-state index is 0.207. The summed E-state index contributed by atoms with van der Waals surface area (Å²) in [7, 11) is -1.32. The first-order valence-corrected chi connectivity index (χ1v) is 9.40. The molecule has 0 aromatic rings. The SMILES string of the molecule is CCC1CCCCN1S(=O)(=O)N1CCCC(CNC)C1. The Labute approximate surface area is 123 Å². The van der Waals surface area contributed by atoms with Crippen LogP contribution < -0.4 is 5.32 Å². The van der Waals surface area contributed by atoms with Crippen LogP contribution in [0.1, 0.15) is 45.4 Å². The zero-order valence-corrected chi connectivity index (χ0v) is 13.7. The number of nitrogens with zero attached hydrogens (tertiary/aromatic N) is 2. The number of piperidine rings is 2. The maximum atomic E-state index is 12.9. The van der Waals surface area contributed by atoms with Gasteiger partial charge in [0.1, 0.15) is 0 Å². The van der Waals surface area contributed by atoms with E-state index < -0.39 is 10.2 Å². The number of hydrogen-bond acceptors (Lipinski definition) is 3. The molecule has 2 aliphatic rings. The van der Waals surface area contributed by atoms with Crippen molar-refractivity contribution in [3.63, 3.8) is 0 Å². The molecule has 20 heavy (non-hydrogen) atoms. The molecule has 2 saturated heterocycles. The third-order valence-electron chi connectivity index (χ3n) is 4.64. The molecule has 2 heterocycles. The molecule has 0 radical (unpaired) electrons. The van der Waals surface area contributed by atoms with Crippen molar-refractivity contribution in [2.24, 2.45) is 5.92 Å². The van der Waals surface area contributed by atoms with Crippen LogP contribution in [0.25, 0.3) is 0 Å². The summed E-state index contributed by atoms with van der Waals surface area (Å²) in [5.74, 6) is 0.452. The lowest BCUT2D eigenvalue weighted by Crippen LogP contribution is -2.53. The summed E-state index contributed by atoms with van der Waals surface area (Å²) in [4.78, 5) is 0. The van der Waals surface area contributed by atoms with Gasteiger partial charge < -0.3 is 5.32 Å². The minimum atomic E-state index is -3.26. The molecule has 0 aromatic heterocycles. The predicted molar refractivity (Wildman–Crippen MR) is 81.8 cm³/mol. The van der Waals surface area contributed by atoms with Gasteiger partial charge >= 0.3 is 0 Å². The molecular weight excluding hydrogens is 274 g/mol. The third kappa shape index (κ3) is 3.53. The van der Waals surface area contributed by atoms with Gasteiger partial charge in [-0.3, -0.25) is 0 Å². The zero-order valence-electron chi connectivity index (χ0n) is 12.8. The Bertz CT molecular complexity index is 397. The zero-order chi connectivity index (χ0) is 14.6. The molecule has 0 spiro atoms. The van der Waals surface area contributed by atoms with Gasteiger partial charge in [0.25, 0.3) is 10.2 Å². The van der Waals surface area contributed by atoms with E-state index in [0.717, 1.165) is 45.1 Å². The summed E-state index contributed by atoms with van der Waals surface area (Å²) in [6.45, 7) is 5.07. The normalized spacial score (nSPS) is 30.5. The van der Waals surface area contributed by atoms with E-state index in [1.165, 1.54) is 0 Å². The van der Waals surface area contributed by atoms with E-state index in [2.05, 4.69) is 12.2 Å². The van der Waals surface area contributed by atoms with Gasteiger partial charge in [-0.15, -0.1) is 0 Å². The Hall–Kier alpha value is -0.170. The molecule has 0 amide bonds. The second kappa shape index (κ2) is 7.20. The Balaban J connectivity index is 2.08. The first-order chi connectivity index (χ1) is 9.59. The highest BCUT2D eigenvalue weighted by Crippen LogP contribution is 2.27. The molecule has 6 heteroatoms. The van der Waals surface area contributed by atoms with E-state index in [9.17, 15) is 8.42 Å². The van der Waals surface area contributed by atoms with Crippen LogP contribution in [0.4, 0.5) is 0 Å². The molecule has 0 aromatic carbocycles. The number of nitrogens with one attached hydrogen (secondary N) is 1. The molecule has 118 valence electrons. The van der Waals surface area contributed by atoms with Gasteiger partial charge in [-0.1, -0.05) is 13.3 Å². The van der Waals surface area contributed by atoms with Crippen molar-refractivity contribution in [3.8, 4) is 0 Å². The van der Waals surface area contributed by atoms with Crippen molar-refractivity contribution in [1.82, 2.24) is 13.9 Å². The predicted octanol–water partition coefficient (Wildman–Crippen LogP) is 1.43. The van der Waals surface area contributed by atoms with Gasteiger partial charge in [0.05, 0.1) is 0 Å².